The molecule has 0 atom stereocenters. The van der Waals surface area contributed by atoms with E-state index in [9.17, 15) is 26.8 Å². The van der Waals surface area contributed by atoms with Crippen LogP contribution in [0.3, 0.4) is 0 Å². The molecule has 2 N–H and O–H groups in total. The van der Waals surface area contributed by atoms with Crippen molar-refractivity contribution < 1.29 is 26.8 Å². The number of nitrogens with one attached hydrogen (secondary N) is 2. The Morgan fingerprint density at radius 2 is 1.48 bits per heavy atom. The lowest BCUT2D eigenvalue weighted by Crippen LogP contribution is -2.38. The fourth-order valence-electron chi connectivity index (χ4n) is 2.98. The lowest BCUT2D eigenvalue weighted by atomic mass is 10.2. The predicted octanol–water partition coefficient (Wildman–Crippen LogP) is 3.87. The number of carbonyl (C=O) groups excluding carboxylic acids is 2. The summed E-state index contributed by atoms with van der Waals surface area (Å²) in [7, 11) is -3.85. The first-order chi connectivity index (χ1) is 15.7. The highest BCUT2D eigenvalue weighted by atomic mass is 32.2. The summed E-state index contributed by atoms with van der Waals surface area (Å²) in [5.41, 5.74) is -0.0426. The Balaban J connectivity index is 1.69. The molecule has 3 rings (SSSR count). The van der Waals surface area contributed by atoms with E-state index >= 15 is 0 Å². The van der Waals surface area contributed by atoms with Crippen LogP contribution in [-0.4, -0.2) is 38.2 Å². The number of halogens is 2. The minimum atomic E-state index is -3.85. The monoisotopic (exact) mass is 473 g/mol. The smallest absolute Gasteiger partial charge is 0.261 e. The summed E-state index contributed by atoms with van der Waals surface area (Å²) in [6.45, 7) is 1.33. The summed E-state index contributed by atoms with van der Waals surface area (Å²) < 4.78 is 55.0. The number of carbonyl (C=O) groups is 2. The first-order valence-corrected chi connectivity index (χ1v) is 11.4. The van der Waals surface area contributed by atoms with E-state index in [1.54, 1.807) is 37.3 Å². The van der Waals surface area contributed by atoms with Crippen molar-refractivity contribution in [1.29, 1.82) is 0 Å². The zero-order valence-electron chi connectivity index (χ0n) is 17.6. The molecule has 0 aliphatic heterocycles. The number of anilines is 2. The number of rotatable bonds is 8. The van der Waals surface area contributed by atoms with E-state index < -0.39 is 45.7 Å². The molecule has 0 saturated heterocycles. The number of para-hydroxylation sites is 2. The second-order valence-corrected chi connectivity index (χ2v) is 8.64. The van der Waals surface area contributed by atoms with Crippen molar-refractivity contribution in [1.82, 2.24) is 4.90 Å². The van der Waals surface area contributed by atoms with Crippen LogP contribution in [-0.2, 0) is 14.8 Å². The van der Waals surface area contributed by atoms with Crippen LogP contribution in [0.1, 0.15) is 17.3 Å². The Kier molecular flexibility index (Phi) is 7.39. The number of nitrogens with zero attached hydrogens (tertiary/aromatic N) is 1. The van der Waals surface area contributed by atoms with Crippen molar-refractivity contribution in [3.8, 4) is 0 Å². The Morgan fingerprint density at radius 1 is 0.879 bits per heavy atom. The standard InChI is InChI=1S/C23H21F2N3O4S/c1-2-28(15-21(29)26-22-19(24)9-6-10-20(22)25)23(30)16-11-13-18(14-12-16)33(31,32)27-17-7-4-3-5-8-17/h3-14,27H,2,15H2,1H3,(H,26,29). The molecule has 0 aliphatic carbocycles. The van der Waals surface area contributed by atoms with Gasteiger partial charge in [-0.3, -0.25) is 14.3 Å². The summed E-state index contributed by atoms with van der Waals surface area (Å²) in [5.74, 6) is -3.18. The SMILES string of the molecule is CCN(CC(=O)Nc1c(F)cccc1F)C(=O)c1ccc(S(=O)(=O)Nc2ccccc2)cc1. The maximum Gasteiger partial charge on any atom is 0.261 e. The van der Waals surface area contributed by atoms with Crippen LogP contribution in [0, 0.1) is 11.6 Å². The van der Waals surface area contributed by atoms with Gasteiger partial charge in [-0.15, -0.1) is 0 Å². The molecule has 2 amide bonds. The van der Waals surface area contributed by atoms with Gasteiger partial charge in [-0.1, -0.05) is 24.3 Å². The molecule has 0 unspecified atom stereocenters. The number of hydrogen-bond acceptors (Lipinski definition) is 4. The molecule has 0 radical (unpaired) electrons. The van der Waals surface area contributed by atoms with Crippen molar-refractivity contribution >= 4 is 33.2 Å². The van der Waals surface area contributed by atoms with E-state index in [1.165, 1.54) is 35.2 Å². The maximum absolute atomic E-state index is 13.7. The zero-order valence-corrected chi connectivity index (χ0v) is 18.4. The summed E-state index contributed by atoms with van der Waals surface area (Å²) in [4.78, 5) is 26.2. The number of benzene rings is 3. The van der Waals surface area contributed by atoms with E-state index in [0.717, 1.165) is 12.1 Å². The molecule has 0 fully saturated rings. The normalized spacial score (nSPS) is 11.0. The highest BCUT2D eigenvalue weighted by molar-refractivity contribution is 7.92. The Bertz CT molecular complexity index is 1230. The van der Waals surface area contributed by atoms with Crippen LogP contribution in [0.5, 0.6) is 0 Å². The number of sulfonamides is 1. The minimum absolute atomic E-state index is 0.0428. The van der Waals surface area contributed by atoms with Gasteiger partial charge in [0.1, 0.15) is 23.9 Å². The number of hydrogen-bond donors (Lipinski definition) is 2. The molecule has 0 heterocycles. The van der Waals surface area contributed by atoms with Gasteiger partial charge in [-0.05, 0) is 55.5 Å². The second kappa shape index (κ2) is 10.2. The summed E-state index contributed by atoms with van der Waals surface area (Å²) in [5, 5.41) is 2.13. The van der Waals surface area contributed by atoms with Crippen LogP contribution < -0.4 is 10.0 Å². The first-order valence-electron chi connectivity index (χ1n) is 9.92. The molecule has 0 saturated carbocycles. The lowest BCUT2D eigenvalue weighted by Gasteiger charge is -2.21. The minimum Gasteiger partial charge on any atom is -0.330 e. The van der Waals surface area contributed by atoms with Gasteiger partial charge in [-0.2, -0.15) is 0 Å². The predicted molar refractivity (Wildman–Crippen MR) is 120 cm³/mol. The molecule has 0 aliphatic rings. The summed E-state index contributed by atoms with van der Waals surface area (Å²) in [6.07, 6.45) is 0. The molecule has 172 valence electrons. The summed E-state index contributed by atoms with van der Waals surface area (Å²) >= 11 is 0. The molecule has 7 nitrogen and oxygen atoms in total. The molecule has 0 aromatic heterocycles. The fourth-order valence-corrected chi connectivity index (χ4v) is 4.03. The van der Waals surface area contributed by atoms with Gasteiger partial charge in [0.25, 0.3) is 15.9 Å². The van der Waals surface area contributed by atoms with Gasteiger partial charge in [-0.25, -0.2) is 17.2 Å². The van der Waals surface area contributed by atoms with Crippen molar-refractivity contribution in [3.63, 3.8) is 0 Å². The molecular formula is C23H21F2N3O4S. The Hall–Kier alpha value is -3.79. The highest BCUT2D eigenvalue weighted by Crippen LogP contribution is 2.19. The van der Waals surface area contributed by atoms with Crippen LogP contribution in [0.2, 0.25) is 0 Å². The van der Waals surface area contributed by atoms with Crippen LogP contribution in [0.15, 0.2) is 77.7 Å². The largest absolute Gasteiger partial charge is 0.330 e. The van der Waals surface area contributed by atoms with E-state index in [4.69, 9.17) is 0 Å². The summed E-state index contributed by atoms with van der Waals surface area (Å²) in [6, 6.07) is 16.7. The van der Waals surface area contributed by atoms with Crippen molar-refractivity contribution in [2.24, 2.45) is 0 Å². The number of amides is 2. The molecule has 3 aromatic rings. The third-order valence-electron chi connectivity index (χ3n) is 4.67. The highest BCUT2D eigenvalue weighted by Gasteiger charge is 2.21. The fraction of sp³-hybridized carbons (Fsp3) is 0.130. The Labute approximate surface area is 190 Å². The van der Waals surface area contributed by atoms with E-state index in [2.05, 4.69) is 10.0 Å². The number of likely N-dealkylation sites (N-methyl/N-ethyl adjacent to an activating group) is 1. The quantitative estimate of drug-likeness (QED) is 0.519. The first kappa shape index (κ1) is 23.9. The Morgan fingerprint density at radius 3 is 2.06 bits per heavy atom. The van der Waals surface area contributed by atoms with Gasteiger partial charge in [0.2, 0.25) is 5.91 Å². The van der Waals surface area contributed by atoms with Crippen LogP contribution in [0.25, 0.3) is 0 Å². The lowest BCUT2D eigenvalue weighted by molar-refractivity contribution is -0.116. The molecule has 10 heteroatoms. The van der Waals surface area contributed by atoms with Crippen molar-refractivity contribution in [3.05, 3.63) is 90.0 Å². The van der Waals surface area contributed by atoms with Crippen molar-refractivity contribution in [2.75, 3.05) is 23.1 Å². The third kappa shape index (κ3) is 5.92. The van der Waals surface area contributed by atoms with E-state index in [0.29, 0.717) is 5.69 Å². The molecule has 3 aromatic carbocycles. The third-order valence-corrected chi connectivity index (χ3v) is 6.07. The van der Waals surface area contributed by atoms with Gasteiger partial charge >= 0.3 is 0 Å². The molecular weight excluding hydrogens is 452 g/mol. The topological polar surface area (TPSA) is 95.6 Å². The maximum atomic E-state index is 13.7. The average Bonchev–Trinajstić information content (AvgIpc) is 2.80. The average molecular weight is 474 g/mol. The zero-order chi connectivity index (χ0) is 24.0. The van der Waals surface area contributed by atoms with Gasteiger partial charge in [0.05, 0.1) is 4.90 Å². The molecule has 33 heavy (non-hydrogen) atoms. The van der Waals surface area contributed by atoms with E-state index in [1.807, 2.05) is 0 Å². The molecule has 0 bridgehead atoms. The van der Waals surface area contributed by atoms with Crippen LogP contribution >= 0.6 is 0 Å². The second-order valence-electron chi connectivity index (χ2n) is 6.96. The van der Waals surface area contributed by atoms with Crippen molar-refractivity contribution in [2.45, 2.75) is 11.8 Å². The van der Waals surface area contributed by atoms with Gasteiger partial charge in [0, 0.05) is 17.8 Å². The van der Waals surface area contributed by atoms with Gasteiger partial charge in [0.15, 0.2) is 0 Å². The van der Waals surface area contributed by atoms with Gasteiger partial charge < -0.3 is 10.2 Å². The van der Waals surface area contributed by atoms with E-state index in [-0.39, 0.29) is 17.0 Å². The van der Waals surface area contributed by atoms with Crippen LogP contribution in [0.4, 0.5) is 20.2 Å². The molecule has 0 spiro atoms.